The second-order valence-electron chi connectivity index (χ2n) is 4.89. The second-order valence-corrected chi connectivity index (χ2v) is 4.89. The zero-order valence-electron chi connectivity index (χ0n) is 11.9. The van der Waals surface area contributed by atoms with Gasteiger partial charge in [0.2, 0.25) is 0 Å². The van der Waals surface area contributed by atoms with Crippen LogP contribution in [-0.2, 0) is 0 Å². The molecule has 0 saturated carbocycles. The van der Waals surface area contributed by atoms with Crippen LogP contribution in [0.15, 0.2) is 24.5 Å². The molecule has 1 aromatic rings. The monoisotopic (exact) mass is 289 g/mol. The van der Waals surface area contributed by atoms with Crippen molar-refractivity contribution in [2.75, 3.05) is 13.1 Å². The fourth-order valence-electron chi connectivity index (χ4n) is 2.34. The van der Waals surface area contributed by atoms with Crippen LogP contribution in [0.25, 0.3) is 0 Å². The Morgan fingerprint density at radius 1 is 1.35 bits per heavy atom. The molecule has 0 aliphatic heterocycles. The molecule has 0 fully saturated rings. The van der Waals surface area contributed by atoms with Crippen LogP contribution in [0.5, 0.6) is 0 Å². The minimum absolute atomic E-state index is 0.354. The van der Waals surface area contributed by atoms with Gasteiger partial charge >= 0.3 is 6.18 Å². The summed E-state index contributed by atoms with van der Waals surface area (Å²) < 4.78 is 38.3. The molecule has 0 aromatic carbocycles. The number of pyridine rings is 1. The summed E-state index contributed by atoms with van der Waals surface area (Å²) in [5.41, 5.74) is 6.80. The molecule has 0 spiro atoms. The zero-order valence-corrected chi connectivity index (χ0v) is 11.9. The second kappa shape index (κ2) is 7.59. The van der Waals surface area contributed by atoms with Crippen molar-refractivity contribution in [3.8, 4) is 0 Å². The van der Waals surface area contributed by atoms with Gasteiger partial charge in [0.15, 0.2) is 0 Å². The van der Waals surface area contributed by atoms with Gasteiger partial charge in [0.25, 0.3) is 0 Å². The molecule has 20 heavy (non-hydrogen) atoms. The van der Waals surface area contributed by atoms with E-state index in [9.17, 15) is 13.2 Å². The number of nitrogens with two attached hydrogens (primary N) is 1. The van der Waals surface area contributed by atoms with Gasteiger partial charge in [-0.1, -0.05) is 19.9 Å². The van der Waals surface area contributed by atoms with E-state index in [2.05, 4.69) is 4.98 Å². The first-order valence-corrected chi connectivity index (χ1v) is 6.85. The molecule has 0 aliphatic carbocycles. The molecule has 0 aliphatic rings. The Balaban J connectivity index is 3.05. The SMILES string of the molecule is CCCN(CC(F)(F)F)C(c1cccnc1)C(N)CC. The van der Waals surface area contributed by atoms with Crippen molar-refractivity contribution in [3.05, 3.63) is 30.1 Å². The number of aromatic nitrogens is 1. The van der Waals surface area contributed by atoms with Gasteiger partial charge in [-0.2, -0.15) is 13.2 Å². The molecule has 1 aromatic heterocycles. The summed E-state index contributed by atoms with van der Waals surface area (Å²) >= 11 is 0. The summed E-state index contributed by atoms with van der Waals surface area (Å²) in [6.45, 7) is 3.15. The molecule has 0 radical (unpaired) electrons. The van der Waals surface area contributed by atoms with E-state index in [0.29, 0.717) is 19.4 Å². The molecule has 2 atom stereocenters. The third kappa shape index (κ3) is 5.09. The van der Waals surface area contributed by atoms with Crippen LogP contribution in [0.3, 0.4) is 0 Å². The van der Waals surface area contributed by atoms with Gasteiger partial charge in [-0.25, -0.2) is 0 Å². The third-order valence-electron chi connectivity index (χ3n) is 3.19. The standard InChI is InChI=1S/C14H22F3N3/c1-3-8-20(10-14(15,16)17)13(12(18)4-2)11-6-5-7-19-9-11/h5-7,9,12-13H,3-4,8,10,18H2,1-2H3. The molecule has 1 rings (SSSR count). The van der Waals surface area contributed by atoms with E-state index in [4.69, 9.17) is 5.73 Å². The van der Waals surface area contributed by atoms with E-state index in [0.717, 1.165) is 5.56 Å². The lowest BCUT2D eigenvalue weighted by atomic mass is 9.97. The van der Waals surface area contributed by atoms with Crippen molar-refractivity contribution >= 4 is 0 Å². The van der Waals surface area contributed by atoms with Crippen molar-refractivity contribution < 1.29 is 13.2 Å². The van der Waals surface area contributed by atoms with Crippen LogP contribution in [0.2, 0.25) is 0 Å². The molecule has 0 bridgehead atoms. The van der Waals surface area contributed by atoms with Crippen molar-refractivity contribution in [2.45, 2.75) is 44.9 Å². The first-order valence-electron chi connectivity index (χ1n) is 6.85. The third-order valence-corrected chi connectivity index (χ3v) is 3.19. The Kier molecular flexibility index (Phi) is 6.42. The minimum atomic E-state index is -4.23. The van der Waals surface area contributed by atoms with Crippen LogP contribution >= 0.6 is 0 Å². The highest BCUT2D eigenvalue weighted by atomic mass is 19.4. The van der Waals surface area contributed by atoms with E-state index in [1.807, 2.05) is 13.8 Å². The maximum absolute atomic E-state index is 12.8. The molecule has 2 unspecified atom stereocenters. The lowest BCUT2D eigenvalue weighted by Gasteiger charge is -2.35. The van der Waals surface area contributed by atoms with Crippen LogP contribution < -0.4 is 5.73 Å². The summed E-state index contributed by atoms with van der Waals surface area (Å²) in [4.78, 5) is 5.41. The summed E-state index contributed by atoms with van der Waals surface area (Å²) in [6.07, 6.45) is 0.217. The minimum Gasteiger partial charge on any atom is -0.326 e. The topological polar surface area (TPSA) is 42.2 Å². The summed E-state index contributed by atoms with van der Waals surface area (Å²) in [5, 5.41) is 0. The lowest BCUT2D eigenvalue weighted by Crippen LogP contribution is -2.45. The molecule has 2 N–H and O–H groups in total. The fourth-order valence-corrected chi connectivity index (χ4v) is 2.34. The number of nitrogens with zero attached hydrogens (tertiary/aromatic N) is 2. The van der Waals surface area contributed by atoms with Crippen molar-refractivity contribution in [1.29, 1.82) is 0 Å². The molecular weight excluding hydrogens is 267 g/mol. The van der Waals surface area contributed by atoms with Crippen LogP contribution in [0.4, 0.5) is 13.2 Å². The van der Waals surface area contributed by atoms with Crippen molar-refractivity contribution in [1.82, 2.24) is 9.88 Å². The smallest absolute Gasteiger partial charge is 0.326 e. The highest BCUT2D eigenvalue weighted by Gasteiger charge is 2.35. The van der Waals surface area contributed by atoms with Gasteiger partial charge in [0.05, 0.1) is 12.6 Å². The van der Waals surface area contributed by atoms with Crippen LogP contribution in [0, 0.1) is 0 Å². The maximum atomic E-state index is 12.8. The average Bonchev–Trinajstić information content (AvgIpc) is 2.38. The highest BCUT2D eigenvalue weighted by molar-refractivity contribution is 5.16. The van der Waals surface area contributed by atoms with E-state index in [1.165, 1.54) is 4.90 Å². The number of alkyl halides is 3. The van der Waals surface area contributed by atoms with Crippen LogP contribution in [-0.4, -0.2) is 35.2 Å². The Morgan fingerprint density at radius 2 is 2.05 bits per heavy atom. The predicted octanol–water partition coefficient (Wildman–Crippen LogP) is 3.13. The summed E-state index contributed by atoms with van der Waals surface area (Å²) in [6, 6.07) is 2.69. The normalized spacial score (nSPS) is 15.3. The Bertz CT molecular complexity index is 381. The molecule has 0 saturated heterocycles. The molecule has 1 heterocycles. The Hall–Kier alpha value is -1.14. The average molecular weight is 289 g/mol. The van der Waals surface area contributed by atoms with E-state index in [-0.39, 0.29) is 6.04 Å². The molecular formula is C14H22F3N3. The number of hydrogen-bond acceptors (Lipinski definition) is 3. The van der Waals surface area contributed by atoms with Gasteiger partial charge in [0.1, 0.15) is 0 Å². The fraction of sp³-hybridized carbons (Fsp3) is 0.643. The molecule has 114 valence electrons. The number of rotatable bonds is 7. The van der Waals surface area contributed by atoms with Gasteiger partial charge < -0.3 is 5.73 Å². The van der Waals surface area contributed by atoms with Gasteiger partial charge in [-0.05, 0) is 31.0 Å². The van der Waals surface area contributed by atoms with E-state index in [1.54, 1.807) is 24.5 Å². The van der Waals surface area contributed by atoms with Gasteiger partial charge in [0, 0.05) is 18.4 Å². The van der Waals surface area contributed by atoms with Crippen molar-refractivity contribution in [2.24, 2.45) is 5.73 Å². The van der Waals surface area contributed by atoms with Crippen LogP contribution in [0.1, 0.15) is 38.3 Å². The zero-order chi connectivity index (χ0) is 15.2. The van der Waals surface area contributed by atoms with Crippen molar-refractivity contribution in [3.63, 3.8) is 0 Å². The Labute approximate surface area is 118 Å². The molecule has 0 amide bonds. The largest absolute Gasteiger partial charge is 0.401 e. The first-order chi connectivity index (χ1) is 9.39. The summed E-state index contributed by atoms with van der Waals surface area (Å²) in [5.74, 6) is 0. The van der Waals surface area contributed by atoms with Gasteiger partial charge in [-0.15, -0.1) is 0 Å². The highest BCUT2D eigenvalue weighted by Crippen LogP contribution is 2.28. The lowest BCUT2D eigenvalue weighted by molar-refractivity contribution is -0.152. The Morgan fingerprint density at radius 3 is 2.50 bits per heavy atom. The quantitative estimate of drug-likeness (QED) is 0.838. The van der Waals surface area contributed by atoms with E-state index < -0.39 is 18.8 Å². The summed E-state index contributed by atoms with van der Waals surface area (Å²) in [7, 11) is 0. The van der Waals surface area contributed by atoms with Gasteiger partial charge in [-0.3, -0.25) is 9.88 Å². The first kappa shape index (κ1) is 16.9. The predicted molar refractivity (Wildman–Crippen MR) is 73.2 cm³/mol. The molecule has 3 nitrogen and oxygen atoms in total. The number of hydrogen-bond donors (Lipinski definition) is 1. The maximum Gasteiger partial charge on any atom is 0.401 e. The number of halogens is 3. The molecule has 6 heteroatoms. The van der Waals surface area contributed by atoms with E-state index >= 15 is 0 Å².